The van der Waals surface area contributed by atoms with Crippen LogP contribution in [-0.2, 0) is 11.2 Å². The van der Waals surface area contributed by atoms with E-state index in [4.69, 9.17) is 16.3 Å². The van der Waals surface area contributed by atoms with Crippen LogP contribution in [0.5, 0.6) is 6.01 Å². The number of piperidine rings is 1. The lowest BCUT2D eigenvalue weighted by molar-refractivity contribution is -0.133. The summed E-state index contributed by atoms with van der Waals surface area (Å²) >= 11 is 6.11. The van der Waals surface area contributed by atoms with Crippen molar-refractivity contribution in [1.82, 2.24) is 14.9 Å². The molecule has 1 fully saturated rings. The monoisotopic (exact) mass is 349 g/mol. The second-order valence-electron chi connectivity index (χ2n) is 5.67. The van der Waals surface area contributed by atoms with Gasteiger partial charge in [-0.1, -0.05) is 29.8 Å². The molecular formula is C17H17ClFN3O2. The Bertz CT molecular complexity index is 711. The molecule has 0 unspecified atom stereocenters. The van der Waals surface area contributed by atoms with Gasteiger partial charge in [0, 0.05) is 11.6 Å². The fourth-order valence-corrected chi connectivity index (χ4v) is 2.89. The topological polar surface area (TPSA) is 55.3 Å². The number of benzene rings is 1. The Balaban J connectivity index is 1.59. The van der Waals surface area contributed by atoms with Crippen LogP contribution in [0.2, 0.25) is 5.02 Å². The maximum Gasteiger partial charge on any atom is 0.316 e. The van der Waals surface area contributed by atoms with Crippen LogP contribution in [-0.4, -0.2) is 40.0 Å². The normalized spacial score (nSPS) is 17.6. The average Bonchev–Trinajstić information content (AvgIpc) is 2.59. The minimum absolute atomic E-state index is 0.0106. The summed E-state index contributed by atoms with van der Waals surface area (Å²) in [6.45, 7) is 1.15. The minimum atomic E-state index is -0.512. The zero-order chi connectivity index (χ0) is 16.9. The van der Waals surface area contributed by atoms with Gasteiger partial charge in [0.2, 0.25) is 5.91 Å². The third-order valence-electron chi connectivity index (χ3n) is 3.90. The number of aromatic nitrogens is 2. The lowest BCUT2D eigenvalue weighted by Crippen LogP contribution is -2.45. The van der Waals surface area contributed by atoms with Gasteiger partial charge in [-0.25, -0.2) is 14.4 Å². The molecule has 1 atom stereocenters. The molecule has 2 aromatic rings. The number of carbonyl (C=O) groups excluding carboxylic acids is 1. The molecule has 1 saturated heterocycles. The van der Waals surface area contributed by atoms with Crippen LogP contribution in [0.4, 0.5) is 4.39 Å². The van der Waals surface area contributed by atoms with E-state index in [0.717, 1.165) is 30.8 Å². The highest BCUT2D eigenvalue weighted by atomic mass is 35.5. The number of nitrogens with zero attached hydrogens (tertiary/aromatic N) is 3. The van der Waals surface area contributed by atoms with E-state index < -0.39 is 5.82 Å². The summed E-state index contributed by atoms with van der Waals surface area (Å²) < 4.78 is 18.5. The van der Waals surface area contributed by atoms with Crippen LogP contribution in [0.15, 0.2) is 36.7 Å². The highest BCUT2D eigenvalue weighted by Crippen LogP contribution is 2.19. The Morgan fingerprint density at radius 2 is 2.08 bits per heavy atom. The lowest BCUT2D eigenvalue weighted by atomic mass is 10.1. The summed E-state index contributed by atoms with van der Waals surface area (Å²) in [5.74, 6) is -0.501. The predicted molar refractivity (Wildman–Crippen MR) is 87.4 cm³/mol. The summed E-state index contributed by atoms with van der Waals surface area (Å²) in [5, 5.41) is 0.593. The number of amides is 1. The Kier molecular flexibility index (Phi) is 5.25. The standard InChI is InChI=1S/C17H17ClFN3O2/c18-15-6-2-1-4-12(15)8-16(23)22-7-3-5-14(11-22)24-17-20-9-13(19)10-21-17/h1-2,4,6,9-10,14H,3,5,7-8,11H2/t14-/m1/s1. The molecule has 0 saturated carbocycles. The van der Waals surface area contributed by atoms with E-state index in [9.17, 15) is 9.18 Å². The number of hydrogen-bond donors (Lipinski definition) is 0. The summed E-state index contributed by atoms with van der Waals surface area (Å²) in [6, 6.07) is 7.45. The molecule has 0 radical (unpaired) electrons. The van der Waals surface area contributed by atoms with Gasteiger partial charge >= 0.3 is 6.01 Å². The van der Waals surface area contributed by atoms with Crippen molar-refractivity contribution in [1.29, 1.82) is 0 Å². The van der Waals surface area contributed by atoms with Crippen LogP contribution in [0, 0.1) is 5.82 Å². The van der Waals surface area contributed by atoms with Crippen LogP contribution in [0.1, 0.15) is 18.4 Å². The first-order valence-corrected chi connectivity index (χ1v) is 8.15. The zero-order valence-corrected chi connectivity index (χ0v) is 13.7. The van der Waals surface area contributed by atoms with Crippen molar-refractivity contribution in [3.05, 3.63) is 53.1 Å². The van der Waals surface area contributed by atoms with Gasteiger partial charge in [-0.3, -0.25) is 4.79 Å². The molecule has 5 nitrogen and oxygen atoms in total. The van der Waals surface area contributed by atoms with E-state index in [1.54, 1.807) is 11.0 Å². The second kappa shape index (κ2) is 7.57. The van der Waals surface area contributed by atoms with E-state index >= 15 is 0 Å². The van der Waals surface area contributed by atoms with Gasteiger partial charge in [0.15, 0.2) is 5.82 Å². The van der Waals surface area contributed by atoms with Crippen molar-refractivity contribution in [2.75, 3.05) is 13.1 Å². The number of ether oxygens (including phenoxy) is 1. The van der Waals surface area contributed by atoms with Gasteiger partial charge < -0.3 is 9.64 Å². The highest BCUT2D eigenvalue weighted by molar-refractivity contribution is 6.31. The third kappa shape index (κ3) is 4.20. The van der Waals surface area contributed by atoms with Crippen LogP contribution >= 0.6 is 11.6 Å². The van der Waals surface area contributed by atoms with Gasteiger partial charge in [-0.15, -0.1) is 0 Å². The number of halogens is 2. The van der Waals surface area contributed by atoms with Crippen molar-refractivity contribution in [2.24, 2.45) is 0 Å². The van der Waals surface area contributed by atoms with Crippen LogP contribution in [0.3, 0.4) is 0 Å². The first-order chi connectivity index (χ1) is 11.6. The summed E-state index contributed by atoms with van der Waals surface area (Å²) in [6.07, 6.45) is 3.83. The fraction of sp³-hybridized carbons (Fsp3) is 0.353. The molecule has 1 aliphatic heterocycles. The molecule has 0 bridgehead atoms. The maximum atomic E-state index is 12.8. The maximum absolute atomic E-state index is 12.8. The molecule has 7 heteroatoms. The van der Waals surface area contributed by atoms with E-state index in [0.29, 0.717) is 18.1 Å². The second-order valence-corrected chi connectivity index (χ2v) is 6.08. The molecule has 0 N–H and O–H groups in total. The molecule has 2 heterocycles. The first kappa shape index (κ1) is 16.6. The fourth-order valence-electron chi connectivity index (χ4n) is 2.69. The van der Waals surface area contributed by atoms with Crippen molar-refractivity contribution >= 4 is 17.5 Å². The summed E-state index contributed by atoms with van der Waals surface area (Å²) in [5.41, 5.74) is 0.814. The van der Waals surface area contributed by atoms with Gasteiger partial charge in [-0.2, -0.15) is 0 Å². The molecule has 0 aliphatic carbocycles. The smallest absolute Gasteiger partial charge is 0.316 e. The van der Waals surface area contributed by atoms with E-state index in [1.807, 2.05) is 18.2 Å². The van der Waals surface area contributed by atoms with Crippen molar-refractivity contribution < 1.29 is 13.9 Å². The largest absolute Gasteiger partial charge is 0.458 e. The van der Waals surface area contributed by atoms with Crippen LogP contribution in [0.25, 0.3) is 0 Å². The Hall–Kier alpha value is -2.21. The third-order valence-corrected chi connectivity index (χ3v) is 4.27. The molecular weight excluding hydrogens is 333 g/mol. The van der Waals surface area contributed by atoms with Gasteiger partial charge in [-0.05, 0) is 24.5 Å². The lowest BCUT2D eigenvalue weighted by Gasteiger charge is -2.32. The first-order valence-electron chi connectivity index (χ1n) is 7.77. The number of carbonyl (C=O) groups is 1. The van der Waals surface area contributed by atoms with E-state index in [-0.39, 0.29) is 24.4 Å². The number of hydrogen-bond acceptors (Lipinski definition) is 4. The molecule has 0 spiro atoms. The van der Waals surface area contributed by atoms with Crippen molar-refractivity contribution in [2.45, 2.75) is 25.4 Å². The predicted octanol–water partition coefficient (Wildman–Crippen LogP) is 2.88. The highest BCUT2D eigenvalue weighted by Gasteiger charge is 2.25. The van der Waals surface area contributed by atoms with Gasteiger partial charge in [0.1, 0.15) is 6.10 Å². The zero-order valence-electron chi connectivity index (χ0n) is 13.0. The quantitative estimate of drug-likeness (QED) is 0.851. The van der Waals surface area contributed by atoms with Gasteiger partial charge in [0.25, 0.3) is 0 Å². The molecule has 3 rings (SSSR count). The van der Waals surface area contributed by atoms with Crippen molar-refractivity contribution in [3.8, 4) is 6.01 Å². The molecule has 1 aromatic carbocycles. The number of rotatable bonds is 4. The van der Waals surface area contributed by atoms with E-state index in [2.05, 4.69) is 9.97 Å². The van der Waals surface area contributed by atoms with Crippen molar-refractivity contribution in [3.63, 3.8) is 0 Å². The molecule has 126 valence electrons. The van der Waals surface area contributed by atoms with Crippen LogP contribution < -0.4 is 4.74 Å². The van der Waals surface area contributed by atoms with Gasteiger partial charge in [0.05, 0.1) is 25.4 Å². The van der Waals surface area contributed by atoms with E-state index in [1.165, 1.54) is 0 Å². The Morgan fingerprint density at radius 3 is 2.83 bits per heavy atom. The molecule has 1 aromatic heterocycles. The Labute approximate surface area is 144 Å². The SMILES string of the molecule is O=C(Cc1ccccc1Cl)N1CCC[C@@H](Oc2ncc(F)cn2)C1. The summed E-state index contributed by atoms with van der Waals surface area (Å²) in [4.78, 5) is 21.8. The number of likely N-dealkylation sites (tertiary alicyclic amines) is 1. The Morgan fingerprint density at radius 1 is 1.33 bits per heavy atom. The molecule has 1 amide bonds. The molecule has 24 heavy (non-hydrogen) atoms. The average molecular weight is 350 g/mol. The summed E-state index contributed by atoms with van der Waals surface area (Å²) in [7, 11) is 0. The molecule has 1 aliphatic rings. The minimum Gasteiger partial charge on any atom is -0.458 e.